The molecule has 0 bridgehead atoms. The summed E-state index contributed by atoms with van der Waals surface area (Å²) in [5, 5.41) is 29.5. The molecule has 0 unspecified atom stereocenters. The molecule has 1 fully saturated rings. The van der Waals surface area contributed by atoms with Gasteiger partial charge in [-0.2, -0.15) is 0 Å². The number of hydrogen-bond acceptors (Lipinski definition) is 8. The zero-order valence-corrected chi connectivity index (χ0v) is 12.7. The minimum absolute atomic E-state index is 0.279. The number of benzene rings is 1. The van der Waals surface area contributed by atoms with Crippen LogP contribution in [-0.2, 0) is 13.8 Å². The van der Waals surface area contributed by atoms with Crippen LogP contribution in [0.25, 0.3) is 0 Å². The topological polar surface area (TPSA) is 172 Å². The second kappa shape index (κ2) is 7.12. The fraction of sp³-hybridized carbons (Fsp3) is 0.500. The summed E-state index contributed by atoms with van der Waals surface area (Å²) in [5.74, 6) is 0.279. The van der Waals surface area contributed by atoms with E-state index in [9.17, 15) is 19.9 Å². The number of ether oxygens (including phenoxy) is 2. The highest BCUT2D eigenvalue weighted by Crippen LogP contribution is 2.37. The third-order valence-corrected chi connectivity index (χ3v) is 3.69. The Hall–Kier alpha value is -1.23. The van der Waals surface area contributed by atoms with E-state index in [2.05, 4.69) is 4.52 Å². The Bertz CT molecular complexity index is 562. The van der Waals surface area contributed by atoms with Crippen molar-refractivity contribution in [2.24, 2.45) is 0 Å². The van der Waals surface area contributed by atoms with Gasteiger partial charge < -0.3 is 40.3 Å². The standard InChI is InChI=1S/C12H18NO9P/c13-6-1-3-7(4-2-6)21-12-11(16)10(15)9(14)8(22-12)5-20-23(17,18)19/h1-4,8-12,14-16H,5,13H2,(H2,17,18,19)/t8-,9-,10+,11+,12+/m1/s1. The molecule has 1 heterocycles. The van der Waals surface area contributed by atoms with Crippen LogP contribution >= 0.6 is 7.82 Å². The maximum atomic E-state index is 10.7. The zero-order valence-electron chi connectivity index (χ0n) is 11.8. The number of nitrogens with two attached hydrogens (primary N) is 1. The largest absolute Gasteiger partial charge is 0.469 e. The first-order valence-electron chi connectivity index (χ1n) is 6.59. The number of aliphatic hydroxyl groups excluding tert-OH is 3. The smallest absolute Gasteiger partial charge is 0.462 e. The molecule has 1 aliphatic heterocycles. The number of rotatable bonds is 5. The van der Waals surface area contributed by atoms with E-state index in [1.165, 1.54) is 12.1 Å². The van der Waals surface area contributed by atoms with Crippen molar-refractivity contribution in [1.29, 1.82) is 0 Å². The van der Waals surface area contributed by atoms with E-state index in [0.717, 1.165) is 0 Å². The Morgan fingerprint density at radius 1 is 1.09 bits per heavy atom. The van der Waals surface area contributed by atoms with Crippen LogP contribution in [0.4, 0.5) is 5.69 Å². The van der Waals surface area contributed by atoms with E-state index in [1.54, 1.807) is 12.1 Å². The molecule has 0 amide bonds. The number of anilines is 1. The molecule has 10 nitrogen and oxygen atoms in total. The van der Waals surface area contributed by atoms with Gasteiger partial charge in [0.25, 0.3) is 0 Å². The molecular formula is C12H18NO9P. The second-order valence-corrected chi connectivity index (χ2v) is 6.23. The highest BCUT2D eigenvalue weighted by molar-refractivity contribution is 7.46. The molecule has 2 rings (SSSR count). The van der Waals surface area contributed by atoms with Gasteiger partial charge in [0.15, 0.2) is 0 Å². The summed E-state index contributed by atoms with van der Waals surface area (Å²) in [6.45, 7) is -0.698. The summed E-state index contributed by atoms with van der Waals surface area (Å²) in [6, 6.07) is 6.10. The molecule has 1 saturated heterocycles. The third-order valence-electron chi connectivity index (χ3n) is 3.21. The molecule has 5 atom stereocenters. The SMILES string of the molecule is Nc1ccc(O[C@H]2O[C@H](COP(=O)(O)O)[C@@H](O)[C@H](O)[C@@H]2O)cc1. The van der Waals surface area contributed by atoms with E-state index in [-0.39, 0.29) is 5.75 Å². The van der Waals surface area contributed by atoms with Crippen molar-refractivity contribution in [3.05, 3.63) is 24.3 Å². The van der Waals surface area contributed by atoms with Crippen molar-refractivity contribution in [2.75, 3.05) is 12.3 Å². The summed E-state index contributed by atoms with van der Waals surface area (Å²) < 4.78 is 25.5. The molecule has 1 aromatic rings. The second-order valence-electron chi connectivity index (χ2n) is 4.99. The minimum Gasteiger partial charge on any atom is -0.462 e. The van der Waals surface area contributed by atoms with Gasteiger partial charge in [-0.1, -0.05) is 0 Å². The summed E-state index contributed by atoms with van der Waals surface area (Å²) in [4.78, 5) is 17.4. The van der Waals surface area contributed by atoms with E-state index in [1.807, 2.05) is 0 Å². The van der Waals surface area contributed by atoms with Crippen LogP contribution in [0, 0.1) is 0 Å². The van der Waals surface area contributed by atoms with Crippen molar-refractivity contribution in [3.8, 4) is 5.75 Å². The zero-order chi connectivity index (χ0) is 17.2. The van der Waals surface area contributed by atoms with E-state index in [4.69, 9.17) is 25.0 Å². The molecule has 0 radical (unpaired) electrons. The van der Waals surface area contributed by atoms with Crippen molar-refractivity contribution < 1.29 is 43.7 Å². The van der Waals surface area contributed by atoms with Gasteiger partial charge in [0.05, 0.1) is 6.61 Å². The molecule has 0 spiro atoms. The Morgan fingerprint density at radius 2 is 1.70 bits per heavy atom. The Morgan fingerprint density at radius 3 is 2.26 bits per heavy atom. The van der Waals surface area contributed by atoms with Crippen LogP contribution in [0.15, 0.2) is 24.3 Å². The third kappa shape index (κ3) is 4.87. The predicted molar refractivity (Wildman–Crippen MR) is 76.2 cm³/mol. The monoisotopic (exact) mass is 351 g/mol. The van der Waals surface area contributed by atoms with Crippen molar-refractivity contribution in [2.45, 2.75) is 30.7 Å². The summed E-state index contributed by atoms with van der Waals surface area (Å²) in [7, 11) is -4.78. The van der Waals surface area contributed by atoms with Gasteiger partial charge in [-0.25, -0.2) is 4.57 Å². The lowest BCUT2D eigenvalue weighted by Gasteiger charge is -2.40. The quantitative estimate of drug-likeness (QED) is 0.273. The van der Waals surface area contributed by atoms with Crippen LogP contribution < -0.4 is 10.5 Å². The summed E-state index contributed by atoms with van der Waals surface area (Å²) in [5.41, 5.74) is 6.02. The van der Waals surface area contributed by atoms with E-state index >= 15 is 0 Å². The molecule has 7 N–H and O–H groups in total. The Balaban J connectivity index is 2.06. The first-order chi connectivity index (χ1) is 10.7. The molecular weight excluding hydrogens is 333 g/mol. The minimum atomic E-state index is -4.78. The lowest BCUT2D eigenvalue weighted by Crippen LogP contribution is -2.60. The Kier molecular flexibility index (Phi) is 5.61. The highest BCUT2D eigenvalue weighted by Gasteiger charge is 2.45. The average molecular weight is 351 g/mol. The van der Waals surface area contributed by atoms with Gasteiger partial charge in [-0.15, -0.1) is 0 Å². The normalized spacial score (nSPS) is 31.8. The molecule has 0 aliphatic carbocycles. The van der Waals surface area contributed by atoms with Gasteiger partial charge in [0, 0.05) is 5.69 Å². The van der Waals surface area contributed by atoms with E-state index in [0.29, 0.717) is 5.69 Å². The highest BCUT2D eigenvalue weighted by atomic mass is 31.2. The fourth-order valence-corrected chi connectivity index (χ4v) is 2.34. The molecule has 11 heteroatoms. The van der Waals surface area contributed by atoms with E-state index < -0.39 is 45.1 Å². The van der Waals surface area contributed by atoms with Crippen LogP contribution in [0.1, 0.15) is 0 Å². The summed E-state index contributed by atoms with van der Waals surface area (Å²) in [6.07, 6.45) is -7.51. The number of phosphoric acid groups is 1. The number of nitrogen functional groups attached to an aromatic ring is 1. The predicted octanol–water partition coefficient (Wildman–Crippen LogP) is -1.44. The molecule has 1 aliphatic rings. The average Bonchev–Trinajstić information content (AvgIpc) is 2.48. The molecule has 0 saturated carbocycles. The van der Waals surface area contributed by atoms with Gasteiger partial charge >= 0.3 is 7.82 Å². The van der Waals surface area contributed by atoms with Crippen LogP contribution in [0.2, 0.25) is 0 Å². The molecule has 1 aromatic carbocycles. The first-order valence-corrected chi connectivity index (χ1v) is 8.12. The van der Waals surface area contributed by atoms with Gasteiger partial charge in [-0.05, 0) is 24.3 Å². The van der Waals surface area contributed by atoms with Crippen LogP contribution in [0.3, 0.4) is 0 Å². The van der Waals surface area contributed by atoms with Crippen molar-refractivity contribution >= 4 is 13.5 Å². The van der Waals surface area contributed by atoms with Gasteiger partial charge in [0.2, 0.25) is 6.29 Å². The number of aliphatic hydroxyl groups is 3. The fourth-order valence-electron chi connectivity index (χ4n) is 2.00. The van der Waals surface area contributed by atoms with Crippen LogP contribution in [0.5, 0.6) is 5.75 Å². The Labute approximate surface area is 131 Å². The van der Waals surface area contributed by atoms with Crippen LogP contribution in [-0.4, -0.2) is 62.4 Å². The lowest BCUT2D eigenvalue weighted by molar-refractivity contribution is -0.276. The van der Waals surface area contributed by atoms with Gasteiger partial charge in [-0.3, -0.25) is 4.52 Å². The molecule has 0 aromatic heterocycles. The molecule has 130 valence electrons. The van der Waals surface area contributed by atoms with Crippen molar-refractivity contribution in [1.82, 2.24) is 0 Å². The van der Waals surface area contributed by atoms with Crippen molar-refractivity contribution in [3.63, 3.8) is 0 Å². The van der Waals surface area contributed by atoms with Gasteiger partial charge in [0.1, 0.15) is 30.2 Å². The number of hydrogen-bond donors (Lipinski definition) is 6. The number of phosphoric ester groups is 1. The summed E-state index contributed by atoms with van der Waals surface area (Å²) >= 11 is 0. The lowest BCUT2D eigenvalue weighted by atomic mass is 9.99. The maximum absolute atomic E-state index is 10.7. The maximum Gasteiger partial charge on any atom is 0.469 e. The molecule has 23 heavy (non-hydrogen) atoms. The first kappa shape index (κ1) is 18.1.